The van der Waals surface area contributed by atoms with Crippen LogP contribution in [0.1, 0.15) is 5.56 Å². The minimum Gasteiger partial charge on any atom is -0.493 e. The number of Topliss-reactive ketones (excluding diaryl/α,β-unsaturated/α-hetero) is 1. The van der Waals surface area contributed by atoms with Crippen LogP contribution in [0.4, 0.5) is 0 Å². The van der Waals surface area contributed by atoms with E-state index in [-0.39, 0.29) is 24.8 Å². The van der Waals surface area contributed by atoms with Gasteiger partial charge in [0.05, 0.1) is 7.11 Å². The molecule has 1 saturated heterocycles. The molecule has 0 saturated carbocycles. The van der Waals surface area contributed by atoms with Crippen LogP contribution in [0, 0.1) is 0 Å². The average molecular weight is 262 g/mol. The maximum absolute atomic E-state index is 11.5. The molecule has 6 nitrogen and oxygen atoms in total. The van der Waals surface area contributed by atoms with Gasteiger partial charge in [0.25, 0.3) is 0 Å². The predicted octanol–water partition coefficient (Wildman–Crippen LogP) is 0.933. The fourth-order valence-electron chi connectivity index (χ4n) is 1.94. The number of hydrogen-bond acceptors (Lipinski definition) is 6. The molecular weight excluding hydrogens is 252 g/mol. The van der Waals surface area contributed by atoms with Crippen LogP contribution < -0.4 is 14.2 Å². The van der Waals surface area contributed by atoms with Crippen LogP contribution in [0.2, 0.25) is 0 Å². The third-order valence-corrected chi connectivity index (χ3v) is 2.85. The van der Waals surface area contributed by atoms with Crippen molar-refractivity contribution in [3.05, 3.63) is 23.3 Å². The van der Waals surface area contributed by atoms with Gasteiger partial charge in [-0.3, -0.25) is 4.79 Å². The number of fused-ring (bicyclic) bond motifs is 1. The van der Waals surface area contributed by atoms with Gasteiger partial charge < -0.3 is 18.9 Å². The van der Waals surface area contributed by atoms with E-state index < -0.39 is 5.97 Å². The molecule has 6 heteroatoms. The molecule has 0 spiro atoms. The van der Waals surface area contributed by atoms with Crippen molar-refractivity contribution in [1.82, 2.24) is 0 Å². The second-order valence-corrected chi connectivity index (χ2v) is 4.01. The number of carbonyl (C=O) groups is 2. The molecule has 0 N–H and O–H groups in total. The van der Waals surface area contributed by atoms with E-state index in [2.05, 4.69) is 4.74 Å². The highest BCUT2D eigenvalue weighted by Gasteiger charge is 2.28. The maximum Gasteiger partial charge on any atom is 0.342 e. The summed E-state index contributed by atoms with van der Waals surface area (Å²) >= 11 is 0. The molecule has 0 bridgehead atoms. The summed E-state index contributed by atoms with van der Waals surface area (Å²) in [5.41, 5.74) is 0.643. The zero-order valence-corrected chi connectivity index (χ0v) is 10.1. The van der Waals surface area contributed by atoms with Crippen molar-refractivity contribution in [3.8, 4) is 17.2 Å². The zero-order valence-electron chi connectivity index (χ0n) is 10.1. The highest BCUT2D eigenvalue weighted by atomic mass is 16.7. The number of ketones is 1. The minimum absolute atomic E-state index is 0.0286. The molecule has 2 aliphatic heterocycles. The Hall–Kier alpha value is -2.50. The van der Waals surface area contributed by atoms with Crippen LogP contribution in [0.3, 0.4) is 0 Å². The van der Waals surface area contributed by atoms with E-state index in [0.717, 1.165) is 0 Å². The van der Waals surface area contributed by atoms with Gasteiger partial charge in [0.1, 0.15) is 5.57 Å². The summed E-state index contributed by atoms with van der Waals surface area (Å²) in [6.07, 6.45) is 1.46. The van der Waals surface area contributed by atoms with Crippen LogP contribution in [0.5, 0.6) is 17.2 Å². The minimum atomic E-state index is -0.610. The van der Waals surface area contributed by atoms with E-state index in [9.17, 15) is 9.59 Å². The maximum atomic E-state index is 11.5. The molecule has 0 aromatic heterocycles. The quantitative estimate of drug-likeness (QED) is 0.448. The van der Waals surface area contributed by atoms with Gasteiger partial charge in [0.2, 0.25) is 18.3 Å². The van der Waals surface area contributed by atoms with E-state index in [1.165, 1.54) is 13.2 Å². The Labute approximate surface area is 108 Å². The van der Waals surface area contributed by atoms with Crippen molar-refractivity contribution in [2.45, 2.75) is 0 Å². The molecule has 0 amide bonds. The summed E-state index contributed by atoms with van der Waals surface area (Å²) in [4.78, 5) is 22.9. The van der Waals surface area contributed by atoms with E-state index in [1.807, 2.05) is 0 Å². The normalized spacial score (nSPS) is 18.9. The number of benzene rings is 1. The molecule has 0 atom stereocenters. The molecular formula is C13H10O6. The number of ether oxygens (including phenoxy) is 4. The summed E-state index contributed by atoms with van der Waals surface area (Å²) in [5, 5.41) is 0. The Bertz CT molecular complexity index is 583. The van der Waals surface area contributed by atoms with Crippen molar-refractivity contribution in [2.75, 3.05) is 20.5 Å². The van der Waals surface area contributed by atoms with Gasteiger partial charge in [0.15, 0.2) is 18.1 Å². The number of esters is 1. The lowest BCUT2D eigenvalue weighted by Gasteiger charge is -2.05. The number of cyclic esters (lactones) is 1. The monoisotopic (exact) mass is 262 g/mol. The first kappa shape index (κ1) is 11.6. The van der Waals surface area contributed by atoms with Gasteiger partial charge >= 0.3 is 5.97 Å². The summed E-state index contributed by atoms with van der Waals surface area (Å²) in [6.45, 7) is -0.0843. The highest BCUT2D eigenvalue weighted by molar-refractivity contribution is 6.24. The number of hydrogen-bond donors (Lipinski definition) is 0. The third kappa shape index (κ3) is 1.91. The van der Waals surface area contributed by atoms with Gasteiger partial charge in [-0.05, 0) is 23.8 Å². The molecule has 3 rings (SSSR count). The molecule has 19 heavy (non-hydrogen) atoms. The Morgan fingerprint density at radius 1 is 1.21 bits per heavy atom. The van der Waals surface area contributed by atoms with Crippen molar-refractivity contribution in [1.29, 1.82) is 0 Å². The second-order valence-electron chi connectivity index (χ2n) is 4.01. The van der Waals surface area contributed by atoms with E-state index in [1.54, 1.807) is 12.1 Å². The van der Waals surface area contributed by atoms with Crippen LogP contribution in [-0.2, 0) is 14.3 Å². The largest absolute Gasteiger partial charge is 0.493 e. The molecule has 0 unspecified atom stereocenters. The molecule has 98 valence electrons. The third-order valence-electron chi connectivity index (χ3n) is 2.85. The second kappa shape index (κ2) is 4.31. The average Bonchev–Trinajstić information content (AvgIpc) is 2.99. The first-order valence-electron chi connectivity index (χ1n) is 5.58. The van der Waals surface area contributed by atoms with Crippen LogP contribution in [0.15, 0.2) is 17.7 Å². The summed E-state index contributed by atoms with van der Waals surface area (Å²) in [7, 11) is 1.50. The standard InChI is InChI=1S/C13H10O6/c1-16-10-3-7(4-11-12(10)19-6-18-11)2-8-9(14)5-17-13(8)15/h2-4H,5-6H2,1H3. The Morgan fingerprint density at radius 2 is 2.05 bits per heavy atom. The molecule has 2 heterocycles. The van der Waals surface area contributed by atoms with Crippen molar-refractivity contribution < 1.29 is 28.5 Å². The molecule has 0 radical (unpaired) electrons. The van der Waals surface area contributed by atoms with Crippen molar-refractivity contribution in [3.63, 3.8) is 0 Å². The SMILES string of the molecule is COc1cc(C=C2C(=O)COC2=O)cc2c1OCO2. The zero-order chi connectivity index (χ0) is 13.4. The first-order chi connectivity index (χ1) is 9.19. The fourth-order valence-corrected chi connectivity index (χ4v) is 1.94. The van der Waals surface area contributed by atoms with E-state index in [4.69, 9.17) is 14.2 Å². The van der Waals surface area contributed by atoms with Crippen LogP contribution in [-0.4, -0.2) is 32.3 Å². The van der Waals surface area contributed by atoms with Crippen LogP contribution in [0.25, 0.3) is 6.08 Å². The topological polar surface area (TPSA) is 71.1 Å². The van der Waals surface area contributed by atoms with Gasteiger partial charge in [-0.15, -0.1) is 0 Å². The molecule has 0 aliphatic carbocycles. The van der Waals surface area contributed by atoms with Crippen molar-refractivity contribution >= 4 is 17.8 Å². The van der Waals surface area contributed by atoms with E-state index >= 15 is 0 Å². The predicted molar refractivity (Wildman–Crippen MR) is 63.1 cm³/mol. The Kier molecular flexibility index (Phi) is 2.63. The highest BCUT2D eigenvalue weighted by Crippen LogP contribution is 2.42. The molecule has 1 fully saturated rings. The Balaban J connectivity index is 2.05. The lowest BCUT2D eigenvalue weighted by molar-refractivity contribution is -0.135. The summed E-state index contributed by atoms with van der Waals surface area (Å²) in [5.74, 6) is 0.582. The summed E-state index contributed by atoms with van der Waals surface area (Å²) < 4.78 is 20.4. The number of rotatable bonds is 2. The van der Waals surface area contributed by atoms with Gasteiger partial charge in [0, 0.05) is 0 Å². The lowest BCUT2D eigenvalue weighted by atomic mass is 10.1. The Morgan fingerprint density at radius 3 is 2.74 bits per heavy atom. The fraction of sp³-hybridized carbons (Fsp3) is 0.231. The van der Waals surface area contributed by atoms with Gasteiger partial charge in [-0.25, -0.2) is 4.79 Å². The van der Waals surface area contributed by atoms with Gasteiger partial charge in [-0.2, -0.15) is 0 Å². The van der Waals surface area contributed by atoms with Crippen LogP contribution >= 0.6 is 0 Å². The molecule has 1 aromatic carbocycles. The molecule has 2 aliphatic rings. The van der Waals surface area contributed by atoms with Gasteiger partial charge in [-0.1, -0.05) is 0 Å². The first-order valence-corrected chi connectivity index (χ1v) is 5.58. The van der Waals surface area contributed by atoms with E-state index in [0.29, 0.717) is 22.8 Å². The summed E-state index contributed by atoms with van der Waals surface area (Å²) in [6, 6.07) is 3.34. The molecule has 1 aromatic rings. The number of carbonyl (C=O) groups excluding carboxylic acids is 2. The van der Waals surface area contributed by atoms with Crippen molar-refractivity contribution in [2.24, 2.45) is 0 Å². The lowest BCUT2D eigenvalue weighted by Crippen LogP contribution is -2.00. The number of methoxy groups -OCH3 is 1. The smallest absolute Gasteiger partial charge is 0.342 e.